The Morgan fingerprint density at radius 2 is 1.69 bits per heavy atom. The molecule has 1 aliphatic heterocycles. The maximum absolute atomic E-state index is 9.61. The first kappa shape index (κ1) is 18.7. The van der Waals surface area contributed by atoms with E-state index in [0.29, 0.717) is 12.5 Å². The molecule has 1 N–H and O–H groups in total. The van der Waals surface area contributed by atoms with Gasteiger partial charge in [0.2, 0.25) is 5.90 Å². The van der Waals surface area contributed by atoms with Crippen LogP contribution in [0.2, 0.25) is 5.02 Å². The van der Waals surface area contributed by atoms with Crippen LogP contribution in [-0.2, 0) is 4.74 Å². The molecular formula is C21H24ClNO3. The molecule has 0 radical (unpaired) electrons. The molecule has 1 heterocycles. The summed E-state index contributed by atoms with van der Waals surface area (Å²) in [6.07, 6.45) is 0.721. The molecule has 1 atom stereocenters. The van der Waals surface area contributed by atoms with Gasteiger partial charge in [-0.2, -0.15) is 0 Å². The van der Waals surface area contributed by atoms with Crippen molar-refractivity contribution in [2.45, 2.75) is 38.3 Å². The van der Waals surface area contributed by atoms with Crippen LogP contribution in [0.25, 0.3) is 11.1 Å². The van der Waals surface area contributed by atoms with E-state index in [0.717, 1.165) is 28.3 Å². The monoisotopic (exact) mass is 373 g/mol. The van der Waals surface area contributed by atoms with Crippen LogP contribution in [0.4, 0.5) is 0 Å². The summed E-state index contributed by atoms with van der Waals surface area (Å²) in [6, 6.07) is 15.6. The number of hydrogen-bond donors (Lipinski definition) is 1. The van der Waals surface area contributed by atoms with E-state index in [9.17, 15) is 5.11 Å². The largest absolute Gasteiger partial charge is 0.478 e. The molecule has 0 saturated carbocycles. The second kappa shape index (κ2) is 7.29. The highest BCUT2D eigenvalue weighted by atomic mass is 35.5. The van der Waals surface area contributed by atoms with Crippen molar-refractivity contribution in [2.75, 3.05) is 13.2 Å². The van der Waals surface area contributed by atoms with E-state index in [-0.39, 0.29) is 6.61 Å². The lowest BCUT2D eigenvalue weighted by molar-refractivity contribution is 0.126. The fourth-order valence-corrected chi connectivity index (χ4v) is 2.99. The molecule has 0 spiro atoms. The van der Waals surface area contributed by atoms with Crippen molar-refractivity contribution < 1.29 is 14.6 Å². The van der Waals surface area contributed by atoms with Gasteiger partial charge in [-0.1, -0.05) is 42.8 Å². The highest BCUT2D eigenvalue weighted by Gasteiger charge is 2.41. The summed E-state index contributed by atoms with van der Waals surface area (Å²) in [5.74, 6) is 1.26. The molecule has 26 heavy (non-hydrogen) atoms. The van der Waals surface area contributed by atoms with E-state index in [1.807, 2.05) is 69.3 Å². The normalized spacial score (nSPS) is 19.8. The number of halogens is 1. The molecule has 0 aromatic heterocycles. The van der Waals surface area contributed by atoms with E-state index in [2.05, 4.69) is 4.99 Å². The molecule has 0 amide bonds. The minimum absolute atomic E-state index is 0.0289. The summed E-state index contributed by atoms with van der Waals surface area (Å²) < 4.78 is 11.9. The molecule has 4 nitrogen and oxygen atoms in total. The summed E-state index contributed by atoms with van der Waals surface area (Å²) in [6.45, 7) is 6.19. The van der Waals surface area contributed by atoms with Gasteiger partial charge in [0.05, 0.1) is 6.61 Å². The Morgan fingerprint density at radius 1 is 1.12 bits per heavy atom. The second-order valence-electron chi connectivity index (χ2n) is 7.09. The fraction of sp³-hybridized carbons (Fsp3) is 0.381. The zero-order valence-corrected chi connectivity index (χ0v) is 16.1. The van der Waals surface area contributed by atoms with Gasteiger partial charge in [-0.3, -0.25) is 0 Å². The molecule has 0 aliphatic carbocycles. The minimum Gasteiger partial charge on any atom is -0.478 e. The first-order chi connectivity index (χ1) is 12.4. The molecule has 0 saturated heterocycles. The van der Waals surface area contributed by atoms with Gasteiger partial charge in [0.15, 0.2) is 5.60 Å². The van der Waals surface area contributed by atoms with Crippen molar-refractivity contribution in [1.82, 2.24) is 0 Å². The van der Waals surface area contributed by atoms with Crippen LogP contribution in [0.3, 0.4) is 0 Å². The lowest BCUT2D eigenvalue weighted by atomic mass is 10.0. The molecule has 138 valence electrons. The molecule has 0 bridgehead atoms. The third kappa shape index (κ3) is 3.87. The Hall–Kier alpha value is -2.04. The Balaban J connectivity index is 1.75. The predicted octanol–water partition coefficient (Wildman–Crippen LogP) is 4.73. The quantitative estimate of drug-likeness (QED) is 0.796. The molecule has 0 fully saturated rings. The van der Waals surface area contributed by atoms with Crippen LogP contribution in [0, 0.1) is 0 Å². The Labute approximate surface area is 159 Å². The number of aliphatic hydroxyl groups is 1. The van der Waals surface area contributed by atoms with Crippen LogP contribution in [0.5, 0.6) is 5.75 Å². The molecule has 5 heteroatoms. The summed E-state index contributed by atoms with van der Waals surface area (Å²) in [5, 5.41) is 10.3. The van der Waals surface area contributed by atoms with E-state index in [4.69, 9.17) is 21.1 Å². The maximum atomic E-state index is 9.61. The Morgan fingerprint density at radius 3 is 2.19 bits per heavy atom. The van der Waals surface area contributed by atoms with Crippen LogP contribution in [0.15, 0.2) is 53.5 Å². The van der Waals surface area contributed by atoms with E-state index in [1.165, 1.54) is 0 Å². The molecule has 2 aromatic rings. The summed E-state index contributed by atoms with van der Waals surface area (Å²) in [7, 11) is 0. The molecule has 3 rings (SSSR count). The number of nitrogens with zero attached hydrogens (tertiary/aromatic N) is 1. The number of benzene rings is 2. The highest BCUT2D eigenvalue weighted by Crippen LogP contribution is 2.30. The van der Waals surface area contributed by atoms with Gasteiger partial charge < -0.3 is 14.6 Å². The Kier molecular flexibility index (Phi) is 5.26. The smallest absolute Gasteiger partial charge is 0.229 e. The average molecular weight is 374 g/mol. The van der Waals surface area contributed by atoms with Crippen LogP contribution >= 0.6 is 11.6 Å². The maximum Gasteiger partial charge on any atom is 0.229 e. The van der Waals surface area contributed by atoms with Gasteiger partial charge in [-0.05, 0) is 55.7 Å². The van der Waals surface area contributed by atoms with Crippen LogP contribution in [0.1, 0.15) is 27.2 Å². The standard InChI is InChI=1S/C21H24ClNO3/c1-4-21(13-24)14-25-19(23-21)20(2,3)26-18-11-7-16(8-12-18)15-5-9-17(22)10-6-15/h5-12,24H,4,13-14H2,1-3H3. The second-order valence-corrected chi connectivity index (χ2v) is 7.52. The average Bonchev–Trinajstić information content (AvgIpc) is 3.09. The van der Waals surface area contributed by atoms with Gasteiger partial charge in [0.1, 0.15) is 17.9 Å². The van der Waals surface area contributed by atoms with Crippen molar-refractivity contribution in [3.8, 4) is 16.9 Å². The van der Waals surface area contributed by atoms with Crippen molar-refractivity contribution in [3.05, 3.63) is 53.6 Å². The predicted molar refractivity (Wildman–Crippen MR) is 105 cm³/mol. The zero-order chi connectivity index (χ0) is 18.8. The summed E-state index contributed by atoms with van der Waals surface area (Å²) >= 11 is 5.94. The van der Waals surface area contributed by atoms with Crippen molar-refractivity contribution in [1.29, 1.82) is 0 Å². The topological polar surface area (TPSA) is 51.0 Å². The number of rotatable bonds is 6. The first-order valence-corrected chi connectivity index (χ1v) is 9.14. The van der Waals surface area contributed by atoms with Crippen molar-refractivity contribution in [3.63, 3.8) is 0 Å². The molecule has 1 unspecified atom stereocenters. The van der Waals surface area contributed by atoms with Gasteiger partial charge >= 0.3 is 0 Å². The van der Waals surface area contributed by atoms with Crippen molar-refractivity contribution >= 4 is 17.5 Å². The SMILES string of the molecule is CCC1(CO)COC(C(C)(C)Oc2ccc(-c3ccc(Cl)cc3)cc2)=N1. The number of aliphatic imine (C=N–C) groups is 1. The number of ether oxygens (including phenoxy) is 2. The van der Waals surface area contributed by atoms with Crippen molar-refractivity contribution in [2.24, 2.45) is 4.99 Å². The number of aliphatic hydroxyl groups excluding tert-OH is 1. The molecule has 1 aliphatic rings. The first-order valence-electron chi connectivity index (χ1n) is 8.76. The van der Waals surface area contributed by atoms with Gasteiger partial charge in [0.25, 0.3) is 0 Å². The number of hydrogen-bond acceptors (Lipinski definition) is 4. The van der Waals surface area contributed by atoms with E-state index in [1.54, 1.807) is 0 Å². The molecular weight excluding hydrogens is 350 g/mol. The lowest BCUT2D eigenvalue weighted by Gasteiger charge is -2.25. The lowest BCUT2D eigenvalue weighted by Crippen LogP contribution is -2.38. The van der Waals surface area contributed by atoms with Gasteiger partial charge in [-0.15, -0.1) is 0 Å². The molecule has 2 aromatic carbocycles. The third-order valence-electron chi connectivity index (χ3n) is 4.69. The summed E-state index contributed by atoms with van der Waals surface area (Å²) in [5.41, 5.74) is 0.924. The van der Waals surface area contributed by atoms with Gasteiger partial charge in [0, 0.05) is 5.02 Å². The highest BCUT2D eigenvalue weighted by molar-refractivity contribution is 6.30. The van der Waals surface area contributed by atoms with Gasteiger partial charge in [-0.25, -0.2) is 4.99 Å². The van der Waals surface area contributed by atoms with Crippen LogP contribution in [-0.4, -0.2) is 35.4 Å². The minimum atomic E-state index is -0.714. The zero-order valence-electron chi connectivity index (χ0n) is 15.3. The van der Waals surface area contributed by atoms with Crippen LogP contribution < -0.4 is 4.74 Å². The van der Waals surface area contributed by atoms with E-state index >= 15 is 0 Å². The fourth-order valence-electron chi connectivity index (χ4n) is 2.86. The third-order valence-corrected chi connectivity index (χ3v) is 4.94. The van der Waals surface area contributed by atoms with E-state index < -0.39 is 11.1 Å². The Bertz CT molecular complexity index is 778. The summed E-state index contributed by atoms with van der Waals surface area (Å²) in [4.78, 5) is 4.60.